The van der Waals surface area contributed by atoms with Gasteiger partial charge in [0.1, 0.15) is 12.2 Å². The fraction of sp³-hybridized carbons (Fsp3) is 1.00. The minimum Gasteiger partial charge on any atom is -0.419 e. The number of rotatable bonds is 6. The monoisotopic (exact) mass is 248 g/mol. The van der Waals surface area contributed by atoms with Gasteiger partial charge in [0.05, 0.1) is 0 Å². The average Bonchev–Trinajstić information content (AvgIpc) is 2.61. The van der Waals surface area contributed by atoms with E-state index in [1.807, 2.05) is 13.8 Å². The molecule has 0 saturated carbocycles. The van der Waals surface area contributed by atoms with Crippen LogP contribution in [-0.4, -0.2) is 39.1 Å². The maximum Gasteiger partial charge on any atom is 0.206 e. The molecule has 0 aromatic rings. The largest absolute Gasteiger partial charge is 0.419 e. The Kier molecular flexibility index (Phi) is 5.36. The summed E-state index contributed by atoms with van der Waals surface area (Å²) in [5.74, 6) is 0. The van der Waals surface area contributed by atoms with E-state index < -0.39 is 8.32 Å². The van der Waals surface area contributed by atoms with Crippen LogP contribution in [0.2, 0.25) is 12.1 Å². The van der Waals surface area contributed by atoms with Gasteiger partial charge < -0.3 is 4.43 Å². The molecule has 1 saturated heterocycles. The average molecular weight is 248 g/mol. The van der Waals surface area contributed by atoms with E-state index in [2.05, 4.69) is 19.3 Å². The molecule has 1 fully saturated rings. The van der Waals surface area contributed by atoms with Crippen LogP contribution in [0.3, 0.4) is 0 Å². The summed E-state index contributed by atoms with van der Waals surface area (Å²) in [6, 6.07) is 2.18. The second-order valence-electron chi connectivity index (χ2n) is 4.31. The third-order valence-electron chi connectivity index (χ3n) is 3.44. The van der Waals surface area contributed by atoms with Crippen molar-refractivity contribution in [3.05, 3.63) is 0 Å². The van der Waals surface area contributed by atoms with Gasteiger partial charge in [-0.2, -0.15) is 0 Å². The molecule has 0 bridgehead atoms. The lowest BCUT2D eigenvalue weighted by Gasteiger charge is -2.28. The summed E-state index contributed by atoms with van der Waals surface area (Å²) in [6.45, 7) is 8.34. The van der Waals surface area contributed by atoms with Crippen molar-refractivity contribution in [2.75, 3.05) is 13.3 Å². The molecule has 0 aromatic heterocycles. The van der Waals surface area contributed by atoms with Gasteiger partial charge in [-0.3, -0.25) is 9.68 Å². The summed E-state index contributed by atoms with van der Waals surface area (Å²) in [5.41, 5.74) is 3.16. The highest BCUT2D eigenvalue weighted by atomic mass is 28.4. The molecule has 16 heavy (non-hydrogen) atoms. The molecule has 0 aromatic carbocycles. The van der Waals surface area contributed by atoms with Crippen molar-refractivity contribution in [3.63, 3.8) is 0 Å². The van der Waals surface area contributed by atoms with Crippen molar-refractivity contribution in [3.8, 4) is 0 Å². The fourth-order valence-electron chi connectivity index (χ4n) is 1.64. The van der Waals surface area contributed by atoms with E-state index in [-0.39, 0.29) is 12.2 Å². The summed E-state index contributed by atoms with van der Waals surface area (Å²) < 4.78 is 5.69. The van der Waals surface area contributed by atoms with Gasteiger partial charge in [0.25, 0.3) is 0 Å². The van der Waals surface area contributed by atoms with Crippen LogP contribution in [0.15, 0.2) is 0 Å². The Morgan fingerprint density at radius 1 is 1.19 bits per heavy atom. The van der Waals surface area contributed by atoms with Crippen LogP contribution in [0.25, 0.3) is 0 Å². The molecule has 96 valence electrons. The van der Waals surface area contributed by atoms with E-state index in [9.17, 15) is 0 Å². The van der Waals surface area contributed by atoms with E-state index in [0.717, 1.165) is 18.3 Å². The van der Waals surface area contributed by atoms with Gasteiger partial charge in [-0.05, 0) is 25.9 Å². The Morgan fingerprint density at radius 3 is 2.06 bits per heavy atom. The topological polar surface area (TPSA) is 43.0 Å². The zero-order chi connectivity index (χ0) is 12.2. The number of hydrogen-bond donors (Lipinski definition) is 1. The molecule has 0 amide bonds. The van der Waals surface area contributed by atoms with Crippen LogP contribution in [0.4, 0.5) is 0 Å². The zero-order valence-corrected chi connectivity index (χ0v) is 11.9. The highest BCUT2D eigenvalue weighted by molar-refractivity contribution is 6.73. The van der Waals surface area contributed by atoms with E-state index in [1.165, 1.54) is 5.34 Å². The molecule has 1 N–H and O–H groups in total. The van der Waals surface area contributed by atoms with Crippen molar-refractivity contribution in [2.45, 2.75) is 52.0 Å². The predicted octanol–water partition coefficient (Wildman–Crippen LogP) is 1.62. The van der Waals surface area contributed by atoms with Gasteiger partial charge in [-0.25, -0.2) is 5.43 Å². The summed E-state index contributed by atoms with van der Waals surface area (Å²) in [4.78, 5) is 10.9. The number of hydrazine groups is 1. The van der Waals surface area contributed by atoms with Gasteiger partial charge in [-0.15, -0.1) is 0 Å². The smallest absolute Gasteiger partial charge is 0.206 e. The normalized spacial score (nSPS) is 27.6. The van der Waals surface area contributed by atoms with Crippen molar-refractivity contribution < 1.29 is 14.1 Å². The molecule has 1 heterocycles. The Bertz CT molecular complexity index is 196. The second kappa shape index (κ2) is 6.09. The third-order valence-corrected chi connectivity index (χ3v) is 7.68. The van der Waals surface area contributed by atoms with Crippen LogP contribution in [0, 0.1) is 0 Å². The van der Waals surface area contributed by atoms with Crippen molar-refractivity contribution in [1.82, 2.24) is 10.8 Å². The molecule has 2 unspecified atom stereocenters. The standard InChI is InChI=1S/C10H24N2O3Si/c1-6-16(7-2,13-5)8-11-12-14-9(3)10(4)15-12/h9-11H,6-8H2,1-5H3. The molecule has 1 aliphatic heterocycles. The minimum atomic E-state index is -1.64. The first-order chi connectivity index (χ1) is 7.56. The van der Waals surface area contributed by atoms with E-state index in [1.54, 1.807) is 7.11 Å². The summed E-state index contributed by atoms with van der Waals surface area (Å²) in [7, 11) is 0.162. The van der Waals surface area contributed by atoms with Crippen LogP contribution in [-0.2, 0) is 14.1 Å². The highest BCUT2D eigenvalue weighted by Crippen LogP contribution is 2.18. The Morgan fingerprint density at radius 2 is 1.69 bits per heavy atom. The summed E-state index contributed by atoms with van der Waals surface area (Å²) >= 11 is 0. The molecule has 1 rings (SSSR count). The lowest BCUT2D eigenvalue weighted by molar-refractivity contribution is -0.343. The first kappa shape index (κ1) is 14.1. The first-order valence-corrected chi connectivity index (χ1v) is 8.52. The van der Waals surface area contributed by atoms with Crippen molar-refractivity contribution >= 4 is 8.32 Å². The SMILES string of the molecule is CC[Si](CC)(CNN1OC(C)C(C)O1)OC. The predicted molar refractivity (Wildman–Crippen MR) is 64.7 cm³/mol. The lowest BCUT2D eigenvalue weighted by atomic mass is 10.3. The van der Waals surface area contributed by atoms with E-state index in [4.69, 9.17) is 14.1 Å². The molecule has 5 nitrogen and oxygen atoms in total. The van der Waals surface area contributed by atoms with E-state index in [0.29, 0.717) is 0 Å². The molecular formula is C10H24N2O3Si. The number of nitrogens with zero attached hydrogens (tertiary/aromatic N) is 1. The van der Waals surface area contributed by atoms with Crippen LogP contribution in [0.1, 0.15) is 27.7 Å². The molecule has 1 aliphatic rings. The van der Waals surface area contributed by atoms with Gasteiger partial charge >= 0.3 is 0 Å². The Balaban J connectivity index is 2.39. The maximum absolute atomic E-state index is 5.69. The van der Waals surface area contributed by atoms with E-state index >= 15 is 0 Å². The first-order valence-electron chi connectivity index (χ1n) is 5.99. The Hall–Kier alpha value is 0.0169. The molecule has 0 radical (unpaired) electrons. The van der Waals surface area contributed by atoms with Crippen LogP contribution >= 0.6 is 0 Å². The lowest BCUT2D eigenvalue weighted by Crippen LogP contribution is -2.51. The molecule has 0 aliphatic carbocycles. The highest BCUT2D eigenvalue weighted by Gasteiger charge is 2.34. The Labute approximate surface area is 99.1 Å². The van der Waals surface area contributed by atoms with Gasteiger partial charge in [-0.1, -0.05) is 13.8 Å². The zero-order valence-electron chi connectivity index (χ0n) is 10.9. The van der Waals surface area contributed by atoms with Crippen molar-refractivity contribution in [2.24, 2.45) is 0 Å². The summed E-state index contributed by atoms with van der Waals surface area (Å²) in [5, 5.41) is 1.39. The van der Waals surface area contributed by atoms with Gasteiger partial charge in [0, 0.05) is 18.6 Å². The third kappa shape index (κ3) is 3.25. The molecule has 6 heteroatoms. The minimum absolute atomic E-state index is 0.0920. The van der Waals surface area contributed by atoms with Crippen molar-refractivity contribution in [1.29, 1.82) is 0 Å². The second-order valence-corrected chi connectivity index (χ2v) is 8.85. The molecule has 0 spiro atoms. The number of nitrogens with one attached hydrogen (secondary N) is 1. The quantitative estimate of drug-likeness (QED) is 0.724. The molecular weight excluding hydrogens is 224 g/mol. The van der Waals surface area contributed by atoms with Gasteiger partial charge in [0.15, 0.2) is 0 Å². The van der Waals surface area contributed by atoms with Gasteiger partial charge in [0.2, 0.25) is 8.32 Å². The fourth-order valence-corrected chi connectivity index (χ4v) is 3.78. The van der Waals surface area contributed by atoms with Crippen LogP contribution < -0.4 is 5.43 Å². The maximum atomic E-state index is 5.69. The van der Waals surface area contributed by atoms with Crippen LogP contribution in [0.5, 0.6) is 0 Å². The number of hydrogen-bond acceptors (Lipinski definition) is 5. The molecule has 2 atom stereocenters. The summed E-state index contributed by atoms with van der Waals surface area (Å²) in [6.07, 6.45) is 0.999.